The second-order valence-corrected chi connectivity index (χ2v) is 9.60. The second kappa shape index (κ2) is 10.8. The van der Waals surface area contributed by atoms with Crippen LogP contribution in [0.15, 0.2) is 78.6 Å². The summed E-state index contributed by atoms with van der Waals surface area (Å²) in [6.45, 7) is 5.81. The van der Waals surface area contributed by atoms with Crippen LogP contribution < -0.4 is 15.4 Å². The molecule has 6 nitrogen and oxygen atoms in total. The number of benzene rings is 3. The maximum atomic E-state index is 12.8. The zero-order valence-corrected chi connectivity index (χ0v) is 20.5. The third-order valence-corrected chi connectivity index (χ3v) is 6.82. The summed E-state index contributed by atoms with van der Waals surface area (Å²) in [5.41, 5.74) is 4.51. The Balaban J connectivity index is 1.12. The summed E-state index contributed by atoms with van der Waals surface area (Å²) in [5, 5.41) is 5.92. The van der Waals surface area contributed by atoms with Gasteiger partial charge in [-0.3, -0.25) is 14.5 Å². The highest BCUT2D eigenvalue weighted by molar-refractivity contribution is 6.09. The molecule has 0 aliphatic carbocycles. The van der Waals surface area contributed by atoms with Gasteiger partial charge in [0.05, 0.1) is 5.69 Å². The van der Waals surface area contributed by atoms with Gasteiger partial charge < -0.3 is 15.4 Å². The largest absolute Gasteiger partial charge is 0.449 e. The molecule has 2 aliphatic rings. The minimum absolute atomic E-state index is 0.139. The Labute approximate surface area is 212 Å². The van der Waals surface area contributed by atoms with Gasteiger partial charge >= 0.3 is 0 Å². The Morgan fingerprint density at radius 3 is 2.56 bits per heavy atom. The van der Waals surface area contributed by atoms with Crippen LogP contribution in [0.2, 0.25) is 0 Å². The molecule has 0 radical (unpaired) electrons. The first-order valence-corrected chi connectivity index (χ1v) is 12.5. The number of likely N-dealkylation sites (tertiary alicyclic amines) is 1. The van der Waals surface area contributed by atoms with Gasteiger partial charge in [0.25, 0.3) is 11.8 Å². The zero-order valence-electron chi connectivity index (χ0n) is 20.5. The number of rotatable bonds is 6. The normalized spacial score (nSPS) is 17.2. The molecule has 184 valence electrons. The number of amides is 2. The Hall–Kier alpha value is -3.90. The zero-order chi connectivity index (χ0) is 24.9. The highest BCUT2D eigenvalue weighted by Gasteiger charge is 2.24. The standard InChI is InChI=1S/C30H31N3O3/c1-21-7-9-24(10-8-21)20-33-15-13-23(14-16-33)19-31-29(34)25-11-12-27-26(18-25)32-30(35)28(36-27)17-22-5-3-2-4-6-22/h2-12,17-18,23H,13-16,19-20H2,1H3,(H,31,34)(H,32,35)/b28-17-. The molecular formula is C30H31N3O3. The summed E-state index contributed by atoms with van der Waals surface area (Å²) >= 11 is 0. The average Bonchev–Trinajstić information content (AvgIpc) is 2.90. The van der Waals surface area contributed by atoms with Crippen LogP contribution in [0.25, 0.3) is 6.08 Å². The maximum absolute atomic E-state index is 12.8. The highest BCUT2D eigenvalue weighted by Crippen LogP contribution is 2.32. The van der Waals surface area contributed by atoms with Crippen LogP contribution in [0.4, 0.5) is 5.69 Å². The Bertz CT molecular complexity index is 1260. The second-order valence-electron chi connectivity index (χ2n) is 9.60. The molecule has 0 spiro atoms. The molecule has 1 saturated heterocycles. The van der Waals surface area contributed by atoms with Gasteiger partial charge in [0.1, 0.15) is 0 Å². The smallest absolute Gasteiger partial charge is 0.291 e. The van der Waals surface area contributed by atoms with Crippen molar-refractivity contribution in [1.82, 2.24) is 10.2 Å². The number of nitrogens with one attached hydrogen (secondary N) is 2. The van der Waals surface area contributed by atoms with Crippen LogP contribution in [0.3, 0.4) is 0 Å². The van der Waals surface area contributed by atoms with Crippen LogP contribution in [0, 0.1) is 12.8 Å². The molecular weight excluding hydrogens is 450 g/mol. The number of carbonyl (C=O) groups is 2. The molecule has 2 heterocycles. The number of carbonyl (C=O) groups excluding carboxylic acids is 2. The number of fused-ring (bicyclic) bond motifs is 1. The molecule has 2 aliphatic heterocycles. The van der Waals surface area contributed by atoms with E-state index in [9.17, 15) is 9.59 Å². The van der Waals surface area contributed by atoms with E-state index < -0.39 is 0 Å². The molecule has 0 saturated carbocycles. The number of piperidine rings is 1. The molecule has 1 fully saturated rings. The van der Waals surface area contributed by atoms with Crippen molar-refractivity contribution in [3.63, 3.8) is 0 Å². The molecule has 3 aromatic carbocycles. The van der Waals surface area contributed by atoms with Gasteiger partial charge in [-0.25, -0.2) is 0 Å². The number of aryl methyl sites for hydroxylation is 1. The molecule has 3 aromatic rings. The van der Waals surface area contributed by atoms with E-state index >= 15 is 0 Å². The summed E-state index contributed by atoms with van der Waals surface area (Å²) < 4.78 is 5.81. The fraction of sp³-hybridized carbons (Fsp3) is 0.267. The predicted molar refractivity (Wildman–Crippen MR) is 142 cm³/mol. The SMILES string of the molecule is Cc1ccc(CN2CCC(CNC(=O)c3ccc4c(c3)NC(=O)/C(=C/c3ccccc3)O4)CC2)cc1. The minimum Gasteiger partial charge on any atom is -0.449 e. The third kappa shape index (κ3) is 5.83. The lowest BCUT2D eigenvalue weighted by Gasteiger charge is -2.32. The van der Waals surface area contributed by atoms with Crippen LogP contribution in [0.1, 0.15) is 39.9 Å². The van der Waals surface area contributed by atoms with E-state index in [0.29, 0.717) is 29.5 Å². The molecule has 0 unspecified atom stereocenters. The summed E-state index contributed by atoms with van der Waals surface area (Å²) in [4.78, 5) is 27.8. The van der Waals surface area contributed by atoms with Crippen molar-refractivity contribution in [3.05, 3.63) is 101 Å². The van der Waals surface area contributed by atoms with Crippen molar-refractivity contribution < 1.29 is 14.3 Å². The van der Waals surface area contributed by atoms with Gasteiger partial charge in [0.2, 0.25) is 0 Å². The summed E-state index contributed by atoms with van der Waals surface area (Å²) in [5.74, 6) is 0.740. The van der Waals surface area contributed by atoms with Gasteiger partial charge in [-0.15, -0.1) is 0 Å². The van der Waals surface area contributed by atoms with E-state index in [2.05, 4.69) is 46.7 Å². The molecule has 0 atom stereocenters. The fourth-order valence-electron chi connectivity index (χ4n) is 4.64. The topological polar surface area (TPSA) is 70.7 Å². The van der Waals surface area contributed by atoms with Gasteiger partial charge in [-0.2, -0.15) is 0 Å². The molecule has 36 heavy (non-hydrogen) atoms. The summed E-state index contributed by atoms with van der Waals surface area (Å²) in [6.07, 6.45) is 3.83. The lowest BCUT2D eigenvalue weighted by molar-refractivity contribution is -0.115. The van der Waals surface area contributed by atoms with Crippen LogP contribution >= 0.6 is 0 Å². The fourth-order valence-corrected chi connectivity index (χ4v) is 4.64. The summed E-state index contributed by atoms with van der Waals surface area (Å²) in [7, 11) is 0. The van der Waals surface area contributed by atoms with Gasteiger partial charge in [0, 0.05) is 18.7 Å². The van der Waals surface area contributed by atoms with Crippen LogP contribution in [-0.2, 0) is 11.3 Å². The number of anilines is 1. The van der Waals surface area contributed by atoms with Crippen molar-refractivity contribution in [2.75, 3.05) is 25.0 Å². The highest BCUT2D eigenvalue weighted by atomic mass is 16.5. The van der Waals surface area contributed by atoms with Crippen molar-refractivity contribution in [2.45, 2.75) is 26.3 Å². The van der Waals surface area contributed by atoms with E-state index in [4.69, 9.17) is 4.74 Å². The molecule has 2 N–H and O–H groups in total. The lowest BCUT2D eigenvalue weighted by atomic mass is 9.96. The average molecular weight is 482 g/mol. The van der Waals surface area contributed by atoms with E-state index in [1.807, 2.05) is 30.3 Å². The molecule has 0 bridgehead atoms. The minimum atomic E-state index is -0.332. The third-order valence-electron chi connectivity index (χ3n) is 6.82. The number of hydrogen-bond acceptors (Lipinski definition) is 4. The predicted octanol–water partition coefficient (Wildman–Crippen LogP) is 5.01. The monoisotopic (exact) mass is 481 g/mol. The molecule has 5 rings (SSSR count). The first-order valence-electron chi connectivity index (χ1n) is 12.5. The first kappa shape index (κ1) is 23.8. The van der Waals surface area contributed by atoms with E-state index in [1.54, 1.807) is 24.3 Å². The van der Waals surface area contributed by atoms with E-state index in [1.165, 1.54) is 11.1 Å². The van der Waals surface area contributed by atoms with E-state index in [-0.39, 0.29) is 17.6 Å². The number of ether oxygens (including phenoxy) is 1. The Morgan fingerprint density at radius 2 is 1.81 bits per heavy atom. The summed E-state index contributed by atoms with van der Waals surface area (Å²) in [6, 6.07) is 23.4. The van der Waals surface area contributed by atoms with Crippen LogP contribution in [-0.4, -0.2) is 36.3 Å². The van der Waals surface area contributed by atoms with Crippen LogP contribution in [0.5, 0.6) is 5.75 Å². The van der Waals surface area contributed by atoms with Crippen molar-refractivity contribution >= 4 is 23.6 Å². The first-order chi connectivity index (χ1) is 17.5. The van der Waals surface area contributed by atoms with Gasteiger partial charge in [-0.1, -0.05) is 60.2 Å². The lowest BCUT2D eigenvalue weighted by Crippen LogP contribution is -2.38. The number of hydrogen-bond donors (Lipinski definition) is 2. The molecule has 0 aromatic heterocycles. The van der Waals surface area contributed by atoms with Crippen molar-refractivity contribution in [3.8, 4) is 5.75 Å². The van der Waals surface area contributed by atoms with Crippen molar-refractivity contribution in [1.29, 1.82) is 0 Å². The van der Waals surface area contributed by atoms with E-state index in [0.717, 1.165) is 38.0 Å². The van der Waals surface area contributed by atoms with Crippen molar-refractivity contribution in [2.24, 2.45) is 5.92 Å². The quantitative estimate of drug-likeness (QED) is 0.486. The molecule has 6 heteroatoms. The maximum Gasteiger partial charge on any atom is 0.291 e. The molecule has 2 amide bonds. The Morgan fingerprint density at radius 1 is 1.06 bits per heavy atom. The Kier molecular flexibility index (Phi) is 7.14. The van der Waals surface area contributed by atoms with Gasteiger partial charge in [0.15, 0.2) is 11.5 Å². The number of nitrogens with zero attached hydrogens (tertiary/aromatic N) is 1. The van der Waals surface area contributed by atoms with Gasteiger partial charge in [-0.05, 0) is 74.2 Å².